The molecule has 6 nitrogen and oxygen atoms in total. The van der Waals surface area contributed by atoms with Crippen molar-refractivity contribution in [2.75, 3.05) is 13.1 Å². The van der Waals surface area contributed by atoms with Crippen molar-refractivity contribution in [1.29, 1.82) is 0 Å². The molecule has 0 bridgehead atoms. The minimum atomic E-state index is -0.0942. The van der Waals surface area contributed by atoms with Gasteiger partial charge in [0.15, 0.2) is 5.82 Å². The standard InChI is InChI=1S/C20H28ClN5O/c1-14(2)11-18(22-15(3)27)20-24-23-19-7-8-25(9-10-26(19)20)13-16-5-4-6-17(21)12-16/h4-6,12,14,18H,7-11,13H2,1-3H3,(H,22,27). The van der Waals surface area contributed by atoms with Crippen molar-refractivity contribution in [2.24, 2.45) is 5.92 Å². The van der Waals surface area contributed by atoms with E-state index in [4.69, 9.17) is 11.6 Å². The van der Waals surface area contributed by atoms with Gasteiger partial charge < -0.3 is 9.88 Å². The SMILES string of the molecule is CC(=O)NC(CC(C)C)c1nnc2n1CCN(Cc1cccc(Cl)c1)CC2. The summed E-state index contributed by atoms with van der Waals surface area (Å²) in [4.78, 5) is 14.1. The zero-order valence-corrected chi connectivity index (χ0v) is 17.0. The van der Waals surface area contributed by atoms with Gasteiger partial charge in [0, 0.05) is 44.5 Å². The van der Waals surface area contributed by atoms with E-state index in [0.29, 0.717) is 5.92 Å². The zero-order chi connectivity index (χ0) is 19.4. The number of hydrogen-bond donors (Lipinski definition) is 1. The molecule has 1 amide bonds. The smallest absolute Gasteiger partial charge is 0.217 e. The van der Waals surface area contributed by atoms with Crippen LogP contribution in [0.4, 0.5) is 0 Å². The van der Waals surface area contributed by atoms with Crippen LogP contribution in [0.3, 0.4) is 0 Å². The van der Waals surface area contributed by atoms with E-state index in [1.165, 1.54) is 5.56 Å². The summed E-state index contributed by atoms with van der Waals surface area (Å²) in [5, 5.41) is 12.7. The number of hydrogen-bond acceptors (Lipinski definition) is 4. The normalized spacial score (nSPS) is 16.0. The number of amides is 1. The molecule has 2 heterocycles. The van der Waals surface area contributed by atoms with Gasteiger partial charge in [0.05, 0.1) is 6.04 Å². The van der Waals surface area contributed by atoms with Crippen LogP contribution in [-0.4, -0.2) is 38.7 Å². The Morgan fingerprint density at radius 3 is 2.78 bits per heavy atom. The van der Waals surface area contributed by atoms with Crippen LogP contribution in [0.5, 0.6) is 0 Å². The number of carbonyl (C=O) groups excluding carboxylic acids is 1. The Hall–Kier alpha value is -1.92. The summed E-state index contributed by atoms with van der Waals surface area (Å²) in [5.74, 6) is 2.30. The number of fused-ring (bicyclic) bond motifs is 1. The van der Waals surface area contributed by atoms with E-state index >= 15 is 0 Å². The van der Waals surface area contributed by atoms with Crippen LogP contribution in [0.25, 0.3) is 0 Å². The second-order valence-corrected chi connectivity index (χ2v) is 8.10. The highest BCUT2D eigenvalue weighted by Crippen LogP contribution is 2.23. The highest BCUT2D eigenvalue weighted by atomic mass is 35.5. The first-order valence-electron chi connectivity index (χ1n) is 9.58. The number of rotatable bonds is 6. The van der Waals surface area contributed by atoms with Gasteiger partial charge in [-0.25, -0.2) is 0 Å². The molecular weight excluding hydrogens is 362 g/mol. The first-order valence-corrected chi connectivity index (χ1v) is 9.96. The molecule has 1 aromatic heterocycles. The Bertz CT molecular complexity index is 788. The molecule has 1 aliphatic rings. The van der Waals surface area contributed by atoms with Gasteiger partial charge in [-0.1, -0.05) is 37.6 Å². The van der Waals surface area contributed by atoms with Crippen LogP contribution in [0, 0.1) is 5.92 Å². The van der Waals surface area contributed by atoms with Crippen molar-refractivity contribution >= 4 is 17.5 Å². The molecule has 2 aromatic rings. The maximum Gasteiger partial charge on any atom is 0.217 e. The lowest BCUT2D eigenvalue weighted by Crippen LogP contribution is -2.31. The molecule has 0 saturated carbocycles. The second-order valence-electron chi connectivity index (χ2n) is 7.66. The summed E-state index contributed by atoms with van der Waals surface area (Å²) in [6, 6.07) is 7.93. The highest BCUT2D eigenvalue weighted by molar-refractivity contribution is 6.30. The van der Waals surface area contributed by atoms with Gasteiger partial charge in [0.1, 0.15) is 5.82 Å². The molecule has 3 rings (SSSR count). The van der Waals surface area contributed by atoms with Gasteiger partial charge >= 0.3 is 0 Å². The molecule has 0 spiro atoms. The summed E-state index contributed by atoms with van der Waals surface area (Å²) in [6.45, 7) is 9.41. The van der Waals surface area contributed by atoms with E-state index in [9.17, 15) is 4.79 Å². The highest BCUT2D eigenvalue weighted by Gasteiger charge is 2.25. The van der Waals surface area contributed by atoms with E-state index in [0.717, 1.165) is 55.7 Å². The summed E-state index contributed by atoms with van der Waals surface area (Å²) >= 11 is 6.11. The Labute approximate surface area is 165 Å². The van der Waals surface area contributed by atoms with Crippen LogP contribution in [0.2, 0.25) is 5.02 Å². The van der Waals surface area contributed by atoms with E-state index in [1.807, 2.05) is 18.2 Å². The number of benzene rings is 1. The fourth-order valence-electron chi connectivity index (χ4n) is 3.64. The van der Waals surface area contributed by atoms with E-state index in [1.54, 1.807) is 6.92 Å². The molecule has 1 unspecified atom stereocenters. The molecule has 0 fully saturated rings. The van der Waals surface area contributed by atoms with Crippen molar-refractivity contribution in [3.63, 3.8) is 0 Å². The van der Waals surface area contributed by atoms with Crippen molar-refractivity contribution in [3.05, 3.63) is 46.5 Å². The number of nitrogens with zero attached hydrogens (tertiary/aromatic N) is 4. The van der Waals surface area contributed by atoms with Gasteiger partial charge in [-0.2, -0.15) is 0 Å². The molecule has 0 radical (unpaired) electrons. The number of carbonyl (C=O) groups is 1. The largest absolute Gasteiger partial charge is 0.346 e. The number of halogens is 1. The minimum absolute atomic E-state index is 0.0331. The first kappa shape index (κ1) is 19.8. The lowest BCUT2D eigenvalue weighted by molar-refractivity contribution is -0.119. The molecule has 1 N–H and O–H groups in total. The summed E-state index contributed by atoms with van der Waals surface area (Å²) in [6.07, 6.45) is 1.70. The van der Waals surface area contributed by atoms with Crippen molar-refractivity contribution in [2.45, 2.75) is 52.7 Å². The third kappa shape index (κ3) is 5.30. The van der Waals surface area contributed by atoms with Gasteiger partial charge in [-0.15, -0.1) is 10.2 Å². The fraction of sp³-hybridized carbons (Fsp3) is 0.550. The third-order valence-electron chi connectivity index (χ3n) is 4.84. The van der Waals surface area contributed by atoms with Gasteiger partial charge in [0.25, 0.3) is 0 Å². The number of aromatic nitrogens is 3. The zero-order valence-electron chi connectivity index (χ0n) is 16.3. The summed E-state index contributed by atoms with van der Waals surface area (Å²) < 4.78 is 2.20. The lowest BCUT2D eigenvalue weighted by Gasteiger charge is -2.22. The summed E-state index contributed by atoms with van der Waals surface area (Å²) in [7, 11) is 0. The van der Waals surface area contributed by atoms with Gasteiger partial charge in [-0.3, -0.25) is 9.69 Å². The van der Waals surface area contributed by atoms with E-state index < -0.39 is 0 Å². The van der Waals surface area contributed by atoms with Crippen molar-refractivity contribution < 1.29 is 4.79 Å². The molecular formula is C20H28ClN5O. The van der Waals surface area contributed by atoms with Crippen LogP contribution in [0.15, 0.2) is 24.3 Å². The quantitative estimate of drug-likeness (QED) is 0.823. The van der Waals surface area contributed by atoms with Gasteiger partial charge in [-0.05, 0) is 30.0 Å². The average Bonchev–Trinajstić information content (AvgIpc) is 2.89. The summed E-state index contributed by atoms with van der Waals surface area (Å²) in [5.41, 5.74) is 1.22. The van der Waals surface area contributed by atoms with Crippen molar-refractivity contribution in [3.8, 4) is 0 Å². The van der Waals surface area contributed by atoms with Crippen LogP contribution in [0.1, 0.15) is 50.4 Å². The Morgan fingerprint density at radius 1 is 1.26 bits per heavy atom. The molecule has 7 heteroatoms. The molecule has 1 atom stereocenters. The third-order valence-corrected chi connectivity index (χ3v) is 5.07. The first-order chi connectivity index (χ1) is 12.9. The fourth-order valence-corrected chi connectivity index (χ4v) is 3.86. The average molecular weight is 390 g/mol. The Morgan fingerprint density at radius 2 is 2.07 bits per heavy atom. The van der Waals surface area contributed by atoms with Gasteiger partial charge in [0.2, 0.25) is 5.91 Å². The molecule has 27 heavy (non-hydrogen) atoms. The molecule has 146 valence electrons. The Kier molecular flexibility index (Phi) is 6.50. The second kappa shape index (κ2) is 8.85. The number of nitrogens with one attached hydrogen (secondary N) is 1. The maximum atomic E-state index is 11.7. The molecule has 0 aliphatic carbocycles. The molecule has 1 aliphatic heterocycles. The van der Waals surface area contributed by atoms with E-state index in [2.05, 4.69) is 44.9 Å². The minimum Gasteiger partial charge on any atom is -0.346 e. The van der Waals surface area contributed by atoms with Crippen LogP contribution < -0.4 is 5.32 Å². The molecule has 0 saturated heterocycles. The predicted molar refractivity (Wildman–Crippen MR) is 106 cm³/mol. The molecule has 1 aromatic carbocycles. The van der Waals surface area contributed by atoms with Crippen molar-refractivity contribution in [1.82, 2.24) is 25.0 Å². The monoisotopic (exact) mass is 389 g/mol. The topological polar surface area (TPSA) is 63.1 Å². The van der Waals surface area contributed by atoms with Crippen LogP contribution >= 0.6 is 11.6 Å². The maximum absolute atomic E-state index is 11.7. The predicted octanol–water partition coefficient (Wildman–Crippen LogP) is 3.21. The van der Waals surface area contributed by atoms with E-state index in [-0.39, 0.29) is 11.9 Å². The Balaban J connectivity index is 1.73. The lowest BCUT2D eigenvalue weighted by atomic mass is 10.0. The van der Waals surface area contributed by atoms with Crippen LogP contribution in [-0.2, 0) is 24.3 Å².